The molecule has 1 heterocycles. The first-order valence-corrected chi connectivity index (χ1v) is 8.00. The lowest BCUT2D eigenvalue weighted by molar-refractivity contribution is -0.130. The molecule has 2 aromatic rings. The molecular weight excluding hydrogens is 304 g/mol. The van der Waals surface area contributed by atoms with Crippen molar-refractivity contribution in [1.29, 1.82) is 0 Å². The first-order valence-electron chi connectivity index (χ1n) is 8.00. The van der Waals surface area contributed by atoms with Gasteiger partial charge in [0.15, 0.2) is 11.5 Å². The molecule has 0 spiro atoms. The molecule has 0 fully saturated rings. The number of hydrogen-bond acceptors (Lipinski definition) is 4. The van der Waals surface area contributed by atoms with Crippen LogP contribution in [0.15, 0.2) is 48.5 Å². The third-order valence-corrected chi connectivity index (χ3v) is 3.79. The van der Waals surface area contributed by atoms with E-state index in [0.717, 1.165) is 12.1 Å². The van der Waals surface area contributed by atoms with Crippen molar-refractivity contribution in [2.24, 2.45) is 0 Å². The van der Waals surface area contributed by atoms with E-state index in [4.69, 9.17) is 9.47 Å². The molecule has 0 bridgehead atoms. The average molecular weight is 326 g/mol. The number of rotatable bonds is 5. The lowest BCUT2D eigenvalue weighted by atomic mass is 10.1. The van der Waals surface area contributed by atoms with Crippen molar-refractivity contribution in [3.63, 3.8) is 0 Å². The zero-order valence-electron chi connectivity index (χ0n) is 14.0. The fourth-order valence-corrected chi connectivity index (χ4v) is 2.58. The zero-order valence-corrected chi connectivity index (χ0v) is 14.0. The van der Waals surface area contributed by atoms with Gasteiger partial charge in [-0.1, -0.05) is 36.4 Å². The molecule has 0 radical (unpaired) electrons. The number of ether oxygens (including phenoxy) is 2. The molecule has 24 heavy (non-hydrogen) atoms. The van der Waals surface area contributed by atoms with Gasteiger partial charge in [0.1, 0.15) is 6.61 Å². The van der Waals surface area contributed by atoms with Crippen LogP contribution in [0.25, 0.3) is 0 Å². The number of nitrogens with zero attached hydrogens (tertiary/aromatic N) is 1. The summed E-state index contributed by atoms with van der Waals surface area (Å²) in [6.45, 7) is 1.60. The van der Waals surface area contributed by atoms with Crippen molar-refractivity contribution in [3.8, 4) is 11.5 Å². The van der Waals surface area contributed by atoms with Crippen LogP contribution in [0, 0.1) is 0 Å². The van der Waals surface area contributed by atoms with E-state index in [1.54, 1.807) is 6.07 Å². The van der Waals surface area contributed by atoms with Crippen LogP contribution in [0.4, 0.5) is 0 Å². The smallest absolute Gasteiger partial charge is 0.264 e. The summed E-state index contributed by atoms with van der Waals surface area (Å²) in [5.41, 5.74) is 2.30. The standard InChI is InChI=1S/C19H22N2O3/c1-21(2)12-15-9-7-14(8-10-15)11-20-19(22)18-13-23-16-5-3-4-6-17(16)24-18/h3-10,18H,11-13H2,1-2H3,(H,20,22)/t18-/m1/s1. The Morgan fingerprint density at radius 1 is 1.08 bits per heavy atom. The Morgan fingerprint density at radius 2 is 1.75 bits per heavy atom. The molecule has 0 saturated carbocycles. The first kappa shape index (κ1) is 16.3. The van der Waals surface area contributed by atoms with E-state index in [9.17, 15) is 4.79 Å². The van der Waals surface area contributed by atoms with Crippen LogP contribution in [0.3, 0.4) is 0 Å². The van der Waals surface area contributed by atoms with Crippen molar-refractivity contribution in [2.75, 3.05) is 20.7 Å². The maximum absolute atomic E-state index is 12.3. The van der Waals surface area contributed by atoms with Crippen LogP contribution in [-0.4, -0.2) is 37.6 Å². The van der Waals surface area contributed by atoms with E-state index in [-0.39, 0.29) is 12.5 Å². The molecule has 5 heteroatoms. The summed E-state index contributed by atoms with van der Waals surface area (Å²) >= 11 is 0. The second-order valence-electron chi connectivity index (χ2n) is 6.14. The molecule has 1 aliphatic heterocycles. The van der Waals surface area contributed by atoms with E-state index in [1.807, 2.05) is 44.4 Å². The first-order chi connectivity index (χ1) is 11.6. The quantitative estimate of drug-likeness (QED) is 0.915. The van der Waals surface area contributed by atoms with Crippen molar-refractivity contribution in [3.05, 3.63) is 59.7 Å². The van der Waals surface area contributed by atoms with Gasteiger partial charge >= 0.3 is 0 Å². The highest BCUT2D eigenvalue weighted by atomic mass is 16.6. The number of hydrogen-bond donors (Lipinski definition) is 1. The second kappa shape index (κ2) is 7.36. The van der Waals surface area contributed by atoms with Gasteiger partial charge in [-0.15, -0.1) is 0 Å². The minimum Gasteiger partial charge on any atom is -0.485 e. The summed E-state index contributed by atoms with van der Waals surface area (Å²) in [5, 5.41) is 2.91. The Bertz CT molecular complexity index is 698. The number of carbonyl (C=O) groups is 1. The highest BCUT2D eigenvalue weighted by Crippen LogP contribution is 2.30. The topological polar surface area (TPSA) is 50.8 Å². The van der Waals surface area contributed by atoms with Crippen LogP contribution < -0.4 is 14.8 Å². The molecule has 1 atom stereocenters. The molecule has 0 aliphatic carbocycles. The van der Waals surface area contributed by atoms with Crippen molar-refractivity contribution >= 4 is 5.91 Å². The Hall–Kier alpha value is -2.53. The normalized spacial score (nSPS) is 16.0. The van der Waals surface area contributed by atoms with Gasteiger partial charge in [-0.3, -0.25) is 4.79 Å². The maximum atomic E-state index is 12.3. The number of para-hydroxylation sites is 2. The molecule has 0 unspecified atom stereocenters. The Kier molecular flexibility index (Phi) is 5.01. The van der Waals surface area contributed by atoms with Crippen molar-refractivity contribution in [1.82, 2.24) is 10.2 Å². The Balaban J connectivity index is 1.53. The molecule has 0 saturated heterocycles. The summed E-state index contributed by atoms with van der Waals surface area (Å²) < 4.78 is 11.3. The second-order valence-corrected chi connectivity index (χ2v) is 6.14. The molecule has 1 amide bonds. The molecular formula is C19H22N2O3. The number of carbonyl (C=O) groups excluding carboxylic acids is 1. The summed E-state index contributed by atoms with van der Waals surface area (Å²) in [6, 6.07) is 15.6. The fraction of sp³-hybridized carbons (Fsp3) is 0.316. The van der Waals surface area contributed by atoms with Gasteiger partial charge in [0.05, 0.1) is 0 Å². The zero-order chi connectivity index (χ0) is 16.9. The third kappa shape index (κ3) is 4.06. The largest absolute Gasteiger partial charge is 0.485 e. The molecule has 1 N–H and O–H groups in total. The molecule has 5 nitrogen and oxygen atoms in total. The highest BCUT2D eigenvalue weighted by Gasteiger charge is 2.26. The summed E-state index contributed by atoms with van der Waals surface area (Å²) in [6.07, 6.45) is -0.618. The Labute approximate surface area is 142 Å². The van der Waals surface area contributed by atoms with Gasteiger partial charge in [-0.2, -0.15) is 0 Å². The van der Waals surface area contributed by atoms with Gasteiger partial charge < -0.3 is 19.7 Å². The SMILES string of the molecule is CN(C)Cc1ccc(CNC(=O)[C@H]2COc3ccccc3O2)cc1. The van der Waals surface area contributed by atoms with Crippen LogP contribution >= 0.6 is 0 Å². The molecule has 126 valence electrons. The number of benzene rings is 2. The van der Waals surface area contributed by atoms with E-state index in [0.29, 0.717) is 18.0 Å². The van der Waals surface area contributed by atoms with Gasteiger partial charge in [0.25, 0.3) is 5.91 Å². The van der Waals surface area contributed by atoms with Crippen LogP contribution in [-0.2, 0) is 17.9 Å². The van der Waals surface area contributed by atoms with Crippen molar-refractivity contribution in [2.45, 2.75) is 19.2 Å². The minimum absolute atomic E-state index is 0.165. The monoisotopic (exact) mass is 326 g/mol. The van der Waals surface area contributed by atoms with E-state index in [2.05, 4.69) is 22.3 Å². The summed E-state index contributed by atoms with van der Waals surface area (Å²) in [5.74, 6) is 1.12. The molecule has 1 aliphatic rings. The van der Waals surface area contributed by atoms with Crippen LogP contribution in [0.5, 0.6) is 11.5 Å². The predicted octanol–water partition coefficient (Wildman–Crippen LogP) is 2.20. The molecule has 3 rings (SSSR count). The van der Waals surface area contributed by atoms with E-state index in [1.165, 1.54) is 5.56 Å². The minimum atomic E-state index is -0.618. The van der Waals surface area contributed by atoms with Gasteiger partial charge in [0, 0.05) is 13.1 Å². The lowest BCUT2D eigenvalue weighted by Crippen LogP contribution is -2.43. The van der Waals surface area contributed by atoms with E-state index >= 15 is 0 Å². The lowest BCUT2D eigenvalue weighted by Gasteiger charge is -2.25. The van der Waals surface area contributed by atoms with Gasteiger partial charge in [-0.25, -0.2) is 0 Å². The third-order valence-electron chi connectivity index (χ3n) is 3.79. The van der Waals surface area contributed by atoms with Crippen LogP contribution in [0.1, 0.15) is 11.1 Å². The highest BCUT2D eigenvalue weighted by molar-refractivity contribution is 5.81. The predicted molar refractivity (Wildman–Crippen MR) is 92.0 cm³/mol. The number of nitrogens with one attached hydrogen (secondary N) is 1. The number of fused-ring (bicyclic) bond motifs is 1. The Morgan fingerprint density at radius 3 is 2.46 bits per heavy atom. The van der Waals surface area contributed by atoms with Gasteiger partial charge in [0.2, 0.25) is 6.10 Å². The van der Waals surface area contributed by atoms with Crippen molar-refractivity contribution < 1.29 is 14.3 Å². The fourth-order valence-electron chi connectivity index (χ4n) is 2.58. The maximum Gasteiger partial charge on any atom is 0.264 e. The average Bonchev–Trinajstić information content (AvgIpc) is 2.60. The summed E-state index contributed by atoms with van der Waals surface area (Å²) in [7, 11) is 4.08. The van der Waals surface area contributed by atoms with E-state index < -0.39 is 6.10 Å². The molecule has 2 aromatic carbocycles. The van der Waals surface area contributed by atoms with Crippen LogP contribution in [0.2, 0.25) is 0 Å². The molecule has 0 aromatic heterocycles. The summed E-state index contributed by atoms with van der Waals surface area (Å²) in [4.78, 5) is 14.4. The number of amides is 1. The van der Waals surface area contributed by atoms with Gasteiger partial charge in [-0.05, 0) is 37.4 Å².